The summed E-state index contributed by atoms with van der Waals surface area (Å²) in [6.07, 6.45) is 6.71. The van der Waals surface area contributed by atoms with E-state index in [4.69, 9.17) is 5.73 Å². The largest absolute Gasteiger partial charge is 0.368 e. The molecule has 0 saturated carbocycles. The molecule has 3 heterocycles. The molecule has 1 atom stereocenters. The maximum atomic E-state index is 5.80. The van der Waals surface area contributed by atoms with Crippen LogP contribution in [-0.2, 0) is 0 Å². The molecule has 2 N–H and O–H groups in total. The van der Waals surface area contributed by atoms with Gasteiger partial charge in [0.1, 0.15) is 0 Å². The molecule has 0 spiro atoms. The average molecular weight is 265 g/mol. The summed E-state index contributed by atoms with van der Waals surface area (Å²) >= 11 is 0. The van der Waals surface area contributed by atoms with Gasteiger partial charge in [-0.05, 0) is 30.5 Å². The third kappa shape index (κ3) is 2.56. The Kier molecular flexibility index (Phi) is 3.25. The Bertz CT molecular complexity index is 676. The first-order valence-electron chi connectivity index (χ1n) is 6.53. The summed E-state index contributed by atoms with van der Waals surface area (Å²) in [6, 6.07) is 7.55. The van der Waals surface area contributed by atoms with Gasteiger partial charge in [0.25, 0.3) is 0 Å². The van der Waals surface area contributed by atoms with Crippen LogP contribution in [0.2, 0.25) is 0 Å². The summed E-state index contributed by atoms with van der Waals surface area (Å²) in [7, 11) is 0. The van der Waals surface area contributed by atoms with Crippen molar-refractivity contribution >= 4 is 17.9 Å². The zero-order valence-electron chi connectivity index (χ0n) is 11.2. The van der Waals surface area contributed by atoms with Crippen molar-refractivity contribution in [2.24, 2.45) is 10.9 Å². The fourth-order valence-corrected chi connectivity index (χ4v) is 2.03. The molecule has 1 aliphatic heterocycles. The van der Waals surface area contributed by atoms with Crippen molar-refractivity contribution in [2.45, 2.75) is 13.3 Å². The van der Waals surface area contributed by atoms with Gasteiger partial charge >= 0.3 is 0 Å². The minimum absolute atomic E-state index is 0.234. The van der Waals surface area contributed by atoms with Crippen molar-refractivity contribution < 1.29 is 0 Å². The van der Waals surface area contributed by atoms with E-state index < -0.39 is 0 Å². The van der Waals surface area contributed by atoms with E-state index in [9.17, 15) is 0 Å². The number of allylic oxidation sites excluding steroid dienone is 1. The number of pyridine rings is 1. The van der Waals surface area contributed by atoms with Gasteiger partial charge in [-0.25, -0.2) is 9.97 Å². The van der Waals surface area contributed by atoms with Crippen molar-refractivity contribution in [1.82, 2.24) is 15.0 Å². The third-order valence-electron chi connectivity index (χ3n) is 3.08. The van der Waals surface area contributed by atoms with Crippen LogP contribution in [-0.4, -0.2) is 21.2 Å². The van der Waals surface area contributed by atoms with Gasteiger partial charge < -0.3 is 5.73 Å². The second-order valence-electron chi connectivity index (χ2n) is 4.79. The molecule has 2 aromatic heterocycles. The van der Waals surface area contributed by atoms with Gasteiger partial charge in [0.05, 0.1) is 22.8 Å². The predicted octanol–water partition coefficient (Wildman–Crippen LogP) is 2.57. The molecular formula is C15H15N5. The fourth-order valence-electron chi connectivity index (χ4n) is 2.03. The molecule has 2 aromatic rings. The zero-order valence-corrected chi connectivity index (χ0v) is 11.2. The number of rotatable bonds is 2. The molecule has 5 heteroatoms. The van der Waals surface area contributed by atoms with Crippen LogP contribution in [0.15, 0.2) is 41.5 Å². The van der Waals surface area contributed by atoms with Gasteiger partial charge in [0.2, 0.25) is 5.95 Å². The number of aliphatic imine (C=N–C) groups is 1. The first kappa shape index (κ1) is 12.5. The van der Waals surface area contributed by atoms with Gasteiger partial charge in [-0.2, -0.15) is 0 Å². The van der Waals surface area contributed by atoms with Crippen LogP contribution in [0, 0.1) is 5.92 Å². The number of nitrogen functional groups attached to an aromatic ring is 1. The quantitative estimate of drug-likeness (QED) is 0.905. The molecule has 5 nitrogen and oxygen atoms in total. The van der Waals surface area contributed by atoms with Crippen LogP contribution in [0.4, 0.5) is 5.95 Å². The number of aromatic nitrogens is 3. The lowest BCUT2D eigenvalue weighted by Crippen LogP contribution is -2.04. The lowest BCUT2D eigenvalue weighted by Gasteiger charge is -2.11. The molecule has 0 bridgehead atoms. The molecule has 3 rings (SSSR count). The Morgan fingerprint density at radius 3 is 2.70 bits per heavy atom. The van der Waals surface area contributed by atoms with Gasteiger partial charge in [0.15, 0.2) is 0 Å². The smallest absolute Gasteiger partial charge is 0.221 e. The highest BCUT2D eigenvalue weighted by Gasteiger charge is 2.12. The summed E-state index contributed by atoms with van der Waals surface area (Å²) in [6.45, 7) is 2.13. The molecule has 0 radical (unpaired) electrons. The highest BCUT2D eigenvalue weighted by Crippen LogP contribution is 2.24. The minimum atomic E-state index is 0.234. The highest BCUT2D eigenvalue weighted by molar-refractivity contribution is 5.77. The molecule has 20 heavy (non-hydrogen) atoms. The number of nitrogens with zero attached hydrogens (tertiary/aromatic N) is 4. The lowest BCUT2D eigenvalue weighted by molar-refractivity contribution is 0.798. The molecule has 0 amide bonds. The zero-order chi connectivity index (χ0) is 13.9. The standard InChI is InChI=1S/C15H15N5/c1-10-5-6-12(18-9-10)14-8-13(19-15(16)20-14)11-4-2-3-7-17-11/h2-4,6-10H,5H2,1H3,(H2,16,19,20). The van der Waals surface area contributed by atoms with Gasteiger partial charge in [0, 0.05) is 12.4 Å². The lowest BCUT2D eigenvalue weighted by atomic mass is 10.0. The molecule has 0 aliphatic carbocycles. The van der Waals surface area contributed by atoms with Gasteiger partial charge in [-0.3, -0.25) is 9.98 Å². The van der Waals surface area contributed by atoms with Crippen LogP contribution in [0.1, 0.15) is 19.0 Å². The van der Waals surface area contributed by atoms with Crippen molar-refractivity contribution in [2.75, 3.05) is 5.73 Å². The minimum Gasteiger partial charge on any atom is -0.368 e. The normalized spacial score (nSPS) is 17.9. The number of hydrogen-bond acceptors (Lipinski definition) is 5. The Labute approximate surface area is 117 Å². The molecule has 100 valence electrons. The summed E-state index contributed by atoms with van der Waals surface area (Å²) in [5.74, 6) is 0.700. The average Bonchev–Trinajstić information content (AvgIpc) is 2.48. The molecule has 0 aromatic carbocycles. The maximum absolute atomic E-state index is 5.80. The molecule has 0 fully saturated rings. The van der Waals surface area contributed by atoms with Crippen molar-refractivity contribution in [1.29, 1.82) is 0 Å². The Hall–Kier alpha value is -2.56. The van der Waals surface area contributed by atoms with Crippen molar-refractivity contribution in [3.05, 3.63) is 42.2 Å². The van der Waals surface area contributed by atoms with E-state index in [0.717, 1.165) is 23.5 Å². The van der Waals surface area contributed by atoms with E-state index in [2.05, 4.69) is 32.9 Å². The van der Waals surface area contributed by atoms with Gasteiger partial charge in [-0.1, -0.05) is 19.1 Å². The first-order valence-corrected chi connectivity index (χ1v) is 6.53. The van der Waals surface area contributed by atoms with E-state index in [1.165, 1.54) is 0 Å². The summed E-state index contributed by atoms with van der Waals surface area (Å²) in [4.78, 5) is 17.2. The van der Waals surface area contributed by atoms with Crippen molar-refractivity contribution in [3.8, 4) is 11.4 Å². The molecular weight excluding hydrogens is 250 g/mol. The van der Waals surface area contributed by atoms with E-state index in [1.54, 1.807) is 6.20 Å². The summed E-state index contributed by atoms with van der Waals surface area (Å²) in [5, 5.41) is 0. The van der Waals surface area contributed by atoms with Crippen LogP contribution >= 0.6 is 0 Å². The van der Waals surface area contributed by atoms with E-state index in [-0.39, 0.29) is 5.95 Å². The van der Waals surface area contributed by atoms with E-state index >= 15 is 0 Å². The summed E-state index contributed by atoms with van der Waals surface area (Å²) < 4.78 is 0. The van der Waals surface area contributed by atoms with Crippen LogP contribution in [0.3, 0.4) is 0 Å². The molecule has 0 saturated heterocycles. The van der Waals surface area contributed by atoms with Crippen LogP contribution in [0.25, 0.3) is 17.1 Å². The van der Waals surface area contributed by atoms with E-state index in [0.29, 0.717) is 11.6 Å². The monoisotopic (exact) mass is 265 g/mol. The second kappa shape index (κ2) is 5.21. The topological polar surface area (TPSA) is 77.0 Å². The Morgan fingerprint density at radius 2 is 2.00 bits per heavy atom. The molecule has 1 unspecified atom stereocenters. The Morgan fingerprint density at radius 1 is 1.15 bits per heavy atom. The molecule has 1 aliphatic rings. The SMILES string of the molecule is CC1C=NC(c2cc(-c3ccccn3)nc(N)n2)=CC1. The first-order chi connectivity index (χ1) is 9.72. The van der Waals surface area contributed by atoms with E-state index in [1.807, 2.05) is 30.5 Å². The number of nitrogens with two attached hydrogens (primary N) is 1. The van der Waals surface area contributed by atoms with Crippen molar-refractivity contribution in [3.63, 3.8) is 0 Å². The van der Waals surface area contributed by atoms with Crippen LogP contribution in [0.5, 0.6) is 0 Å². The maximum Gasteiger partial charge on any atom is 0.221 e. The predicted molar refractivity (Wildman–Crippen MR) is 79.9 cm³/mol. The van der Waals surface area contributed by atoms with Crippen LogP contribution < -0.4 is 5.73 Å². The summed E-state index contributed by atoms with van der Waals surface area (Å²) in [5.41, 5.74) is 8.87. The third-order valence-corrected chi connectivity index (χ3v) is 3.08. The van der Waals surface area contributed by atoms with Gasteiger partial charge in [-0.15, -0.1) is 0 Å². The second-order valence-corrected chi connectivity index (χ2v) is 4.79. The number of hydrogen-bond donors (Lipinski definition) is 1. The number of anilines is 1. The fraction of sp³-hybridized carbons (Fsp3) is 0.200. The highest BCUT2D eigenvalue weighted by atomic mass is 15.0. The Balaban J connectivity index is 2.02.